The van der Waals surface area contributed by atoms with Crippen molar-refractivity contribution < 1.29 is 36.6 Å². The number of carbonyl (C=O) groups excluding carboxylic acids is 2. The molecule has 0 aliphatic heterocycles. The lowest BCUT2D eigenvalue weighted by atomic mass is 10.3. The summed E-state index contributed by atoms with van der Waals surface area (Å²) in [5.74, 6) is -1.62. The van der Waals surface area contributed by atoms with Gasteiger partial charge in [0.1, 0.15) is 23.9 Å². The van der Waals surface area contributed by atoms with Gasteiger partial charge in [-0.3, -0.25) is 4.79 Å². The lowest BCUT2D eigenvalue weighted by Crippen LogP contribution is -2.34. The fraction of sp³-hybridized carbons (Fsp3) is 0.278. The molecule has 0 radical (unpaired) electrons. The Kier molecular flexibility index (Phi) is 8.50. The number of methoxy groups -OCH3 is 1. The number of hydrogen-bond acceptors (Lipinski definition) is 8. The van der Waals surface area contributed by atoms with Gasteiger partial charge in [0.25, 0.3) is 5.91 Å². The first kappa shape index (κ1) is 23.0. The van der Waals surface area contributed by atoms with E-state index < -0.39 is 33.6 Å². The minimum absolute atomic E-state index is 0.0508. The quantitative estimate of drug-likeness (QED) is 0.524. The predicted octanol–water partition coefficient (Wildman–Crippen LogP) is 1.09. The highest BCUT2D eigenvalue weighted by atomic mass is 32.2. The fourth-order valence-corrected chi connectivity index (χ4v) is 2.82. The molecule has 10 nitrogen and oxygen atoms in total. The van der Waals surface area contributed by atoms with E-state index in [1.165, 1.54) is 43.5 Å². The normalized spacial score (nSPS) is 10.9. The van der Waals surface area contributed by atoms with Crippen LogP contribution in [-0.2, 0) is 14.8 Å². The molecular weight excluding hydrogens is 421 g/mol. The van der Waals surface area contributed by atoms with Crippen LogP contribution in [0.3, 0.4) is 0 Å². The summed E-state index contributed by atoms with van der Waals surface area (Å²) in [5.41, 5.74) is -0.0508. The number of pyridine rings is 1. The van der Waals surface area contributed by atoms with E-state index in [0.29, 0.717) is 12.4 Å². The second-order valence-electron chi connectivity index (χ2n) is 5.75. The molecule has 162 valence electrons. The van der Waals surface area contributed by atoms with Crippen LogP contribution in [0.4, 0.5) is 9.18 Å². The first-order valence-electron chi connectivity index (χ1n) is 8.63. The van der Waals surface area contributed by atoms with Gasteiger partial charge in [0, 0.05) is 25.9 Å². The molecule has 2 aromatic rings. The van der Waals surface area contributed by atoms with Crippen LogP contribution in [0.25, 0.3) is 0 Å². The number of benzene rings is 1. The summed E-state index contributed by atoms with van der Waals surface area (Å²) in [4.78, 5) is 27.4. The van der Waals surface area contributed by atoms with Gasteiger partial charge < -0.3 is 19.5 Å². The predicted molar refractivity (Wildman–Crippen MR) is 103 cm³/mol. The first-order chi connectivity index (χ1) is 14.3. The van der Waals surface area contributed by atoms with Crippen LogP contribution in [0.1, 0.15) is 10.4 Å². The zero-order chi connectivity index (χ0) is 22.0. The number of hydrogen-bond donors (Lipinski definition) is 2. The third kappa shape index (κ3) is 8.01. The lowest BCUT2D eigenvalue weighted by molar-refractivity contribution is 0.0981. The van der Waals surface area contributed by atoms with E-state index in [9.17, 15) is 22.4 Å². The third-order valence-electron chi connectivity index (χ3n) is 3.45. The minimum Gasteiger partial charge on any atom is -0.492 e. The molecule has 0 saturated heterocycles. The molecule has 0 spiro atoms. The van der Waals surface area contributed by atoms with E-state index in [1.807, 2.05) is 4.72 Å². The zero-order valence-electron chi connectivity index (χ0n) is 16.0. The molecule has 2 rings (SSSR count). The number of aromatic nitrogens is 1. The molecular formula is C18H20FN3O7S. The van der Waals surface area contributed by atoms with Gasteiger partial charge in [-0.1, -0.05) is 0 Å². The minimum atomic E-state index is -3.98. The Labute approximate surface area is 172 Å². The molecule has 2 amide bonds. The van der Waals surface area contributed by atoms with Crippen LogP contribution in [-0.4, -0.2) is 58.0 Å². The smallest absolute Gasteiger partial charge is 0.414 e. The van der Waals surface area contributed by atoms with Crippen molar-refractivity contribution in [2.24, 2.45) is 0 Å². The van der Waals surface area contributed by atoms with Crippen molar-refractivity contribution in [3.63, 3.8) is 0 Å². The number of carbonyl (C=O) groups is 2. The summed E-state index contributed by atoms with van der Waals surface area (Å²) >= 11 is 0. The number of amides is 2. The van der Waals surface area contributed by atoms with Gasteiger partial charge in [0.2, 0.25) is 15.9 Å². The maximum absolute atomic E-state index is 12.8. The summed E-state index contributed by atoms with van der Waals surface area (Å²) in [5, 5.41) is 2.42. The monoisotopic (exact) mass is 441 g/mol. The molecule has 2 N–H and O–H groups in total. The van der Waals surface area contributed by atoms with Crippen LogP contribution in [0.5, 0.6) is 11.6 Å². The average molecular weight is 441 g/mol. The van der Waals surface area contributed by atoms with Crippen LogP contribution in [0.15, 0.2) is 42.6 Å². The van der Waals surface area contributed by atoms with E-state index >= 15 is 0 Å². The fourth-order valence-electron chi connectivity index (χ4n) is 2.01. The van der Waals surface area contributed by atoms with Gasteiger partial charge in [-0.15, -0.1) is 0 Å². The van der Waals surface area contributed by atoms with Crippen LogP contribution < -0.4 is 19.5 Å². The van der Waals surface area contributed by atoms with Gasteiger partial charge in [-0.25, -0.2) is 27.3 Å². The van der Waals surface area contributed by atoms with E-state index in [-0.39, 0.29) is 24.6 Å². The molecule has 0 aliphatic carbocycles. The number of rotatable bonds is 10. The van der Waals surface area contributed by atoms with E-state index in [2.05, 4.69) is 10.3 Å². The average Bonchev–Trinajstić information content (AvgIpc) is 2.70. The molecule has 1 heterocycles. The Balaban J connectivity index is 1.82. The summed E-state index contributed by atoms with van der Waals surface area (Å²) in [7, 11) is -2.50. The largest absolute Gasteiger partial charge is 0.492 e. The van der Waals surface area contributed by atoms with Crippen molar-refractivity contribution in [1.82, 2.24) is 15.0 Å². The number of ether oxygens (including phenoxy) is 3. The second-order valence-corrected chi connectivity index (χ2v) is 7.59. The number of nitrogens with zero attached hydrogens (tertiary/aromatic N) is 1. The van der Waals surface area contributed by atoms with Crippen molar-refractivity contribution in [2.45, 2.75) is 0 Å². The molecule has 0 unspecified atom stereocenters. The van der Waals surface area contributed by atoms with Crippen molar-refractivity contribution >= 4 is 22.0 Å². The molecule has 12 heteroatoms. The van der Waals surface area contributed by atoms with Gasteiger partial charge in [-0.05, 0) is 30.3 Å². The second kappa shape index (κ2) is 11.1. The Morgan fingerprint density at radius 1 is 1.10 bits per heavy atom. The standard InChI is InChI=1S/C18H20FN3O7S/c1-27-9-8-20-18(24)29-16-7-2-13(12-21-16)17(23)22-30(25,26)11-10-28-15-5-3-14(19)4-6-15/h2-7,12H,8-11H2,1H3,(H,20,24)(H,22,23). The van der Waals surface area contributed by atoms with Crippen LogP contribution in [0.2, 0.25) is 0 Å². The van der Waals surface area contributed by atoms with Gasteiger partial charge in [0.15, 0.2) is 0 Å². The molecule has 0 fully saturated rings. The van der Waals surface area contributed by atoms with Crippen molar-refractivity contribution in [3.05, 3.63) is 54.0 Å². The zero-order valence-corrected chi connectivity index (χ0v) is 16.8. The summed E-state index contributed by atoms with van der Waals surface area (Å²) in [6.45, 7) is 0.320. The molecule has 1 aromatic carbocycles. The summed E-state index contributed by atoms with van der Waals surface area (Å²) < 4.78 is 53.6. The highest BCUT2D eigenvalue weighted by molar-refractivity contribution is 7.90. The van der Waals surface area contributed by atoms with Gasteiger partial charge in [0.05, 0.1) is 12.2 Å². The third-order valence-corrected chi connectivity index (χ3v) is 4.65. The first-order valence-corrected chi connectivity index (χ1v) is 10.3. The maximum atomic E-state index is 12.8. The van der Waals surface area contributed by atoms with Crippen molar-refractivity contribution in [1.29, 1.82) is 0 Å². The molecule has 0 saturated carbocycles. The number of halogens is 1. The Morgan fingerprint density at radius 3 is 2.47 bits per heavy atom. The molecule has 1 aromatic heterocycles. The summed E-state index contributed by atoms with van der Waals surface area (Å²) in [6, 6.07) is 7.56. The molecule has 30 heavy (non-hydrogen) atoms. The molecule has 0 atom stereocenters. The Morgan fingerprint density at radius 2 is 1.83 bits per heavy atom. The SMILES string of the molecule is COCCNC(=O)Oc1ccc(C(=O)NS(=O)(=O)CCOc2ccc(F)cc2)cn1. The number of nitrogens with one attached hydrogen (secondary N) is 2. The van der Waals surface area contributed by atoms with E-state index in [4.69, 9.17) is 14.2 Å². The molecule has 0 aliphatic rings. The van der Waals surface area contributed by atoms with E-state index in [1.54, 1.807) is 0 Å². The molecule has 0 bridgehead atoms. The highest BCUT2D eigenvalue weighted by Crippen LogP contribution is 2.11. The highest BCUT2D eigenvalue weighted by Gasteiger charge is 2.17. The van der Waals surface area contributed by atoms with Crippen LogP contribution >= 0.6 is 0 Å². The van der Waals surface area contributed by atoms with E-state index in [0.717, 1.165) is 6.20 Å². The van der Waals surface area contributed by atoms with Crippen LogP contribution in [0, 0.1) is 5.82 Å². The lowest BCUT2D eigenvalue weighted by Gasteiger charge is -2.09. The van der Waals surface area contributed by atoms with Gasteiger partial charge >= 0.3 is 6.09 Å². The summed E-state index contributed by atoms with van der Waals surface area (Å²) in [6.07, 6.45) is 0.318. The topological polar surface area (TPSA) is 133 Å². The van der Waals surface area contributed by atoms with Gasteiger partial charge in [-0.2, -0.15) is 0 Å². The maximum Gasteiger partial charge on any atom is 0.414 e. The van der Waals surface area contributed by atoms with Crippen molar-refractivity contribution in [3.8, 4) is 11.6 Å². The Bertz CT molecular complexity index is 951. The van der Waals surface area contributed by atoms with Crippen molar-refractivity contribution in [2.75, 3.05) is 32.6 Å². The Hall–Kier alpha value is -3.25. The number of sulfonamides is 1.